The lowest BCUT2D eigenvalue weighted by molar-refractivity contribution is -0.146. The first-order valence-electron chi connectivity index (χ1n) is 12.5. The Bertz CT molecular complexity index is 447. The number of esters is 2. The molecular formula is C24H46O10. The Balaban J connectivity index is 3.10. The van der Waals surface area contributed by atoms with Gasteiger partial charge in [0.2, 0.25) is 0 Å². The number of hydrogen-bond acceptors (Lipinski definition) is 10. The summed E-state index contributed by atoms with van der Waals surface area (Å²) in [5, 5.41) is 0. The Labute approximate surface area is 204 Å². The molecule has 0 saturated heterocycles. The minimum Gasteiger partial charge on any atom is -0.463 e. The minimum absolute atomic E-state index is 0.160. The summed E-state index contributed by atoms with van der Waals surface area (Å²) in [6.45, 7) is 10.1. The van der Waals surface area contributed by atoms with Gasteiger partial charge in [-0.15, -0.1) is 0 Å². The van der Waals surface area contributed by atoms with Crippen LogP contribution in [0.1, 0.15) is 52.4 Å². The number of unbranched alkanes of at least 4 members (excludes halogenated alkanes) is 2. The van der Waals surface area contributed by atoms with Gasteiger partial charge in [-0.2, -0.15) is 0 Å². The average Bonchev–Trinajstić information content (AvgIpc) is 2.82. The quantitative estimate of drug-likeness (QED) is 0.125. The molecule has 0 heterocycles. The second-order valence-corrected chi connectivity index (χ2v) is 7.32. The summed E-state index contributed by atoms with van der Waals surface area (Å²) in [7, 11) is 0. The largest absolute Gasteiger partial charge is 0.463 e. The molecule has 0 saturated carbocycles. The maximum atomic E-state index is 11.4. The van der Waals surface area contributed by atoms with Crippen molar-refractivity contribution < 1.29 is 47.5 Å². The maximum absolute atomic E-state index is 11.4. The van der Waals surface area contributed by atoms with Crippen LogP contribution in [0.2, 0.25) is 0 Å². The van der Waals surface area contributed by atoms with Crippen LogP contribution < -0.4 is 0 Å². The molecule has 0 unspecified atom stereocenters. The molecule has 0 bridgehead atoms. The highest BCUT2D eigenvalue weighted by Gasteiger charge is 2.02. The molecule has 0 N–H and O–H groups in total. The van der Waals surface area contributed by atoms with Gasteiger partial charge in [-0.05, 0) is 12.8 Å². The zero-order chi connectivity index (χ0) is 25.0. The first-order chi connectivity index (χ1) is 16.7. The lowest BCUT2D eigenvalue weighted by atomic mass is 10.2. The molecule has 202 valence electrons. The van der Waals surface area contributed by atoms with Gasteiger partial charge in [-0.25, -0.2) is 0 Å². The average molecular weight is 495 g/mol. The van der Waals surface area contributed by atoms with E-state index in [1.54, 1.807) is 0 Å². The predicted molar refractivity (Wildman–Crippen MR) is 126 cm³/mol. The highest BCUT2D eigenvalue weighted by Crippen LogP contribution is 2.00. The van der Waals surface area contributed by atoms with Crippen LogP contribution in [0.4, 0.5) is 0 Å². The summed E-state index contributed by atoms with van der Waals surface area (Å²) >= 11 is 0. The van der Waals surface area contributed by atoms with Gasteiger partial charge >= 0.3 is 11.9 Å². The molecule has 0 atom stereocenters. The summed E-state index contributed by atoms with van der Waals surface area (Å²) < 4.78 is 42.3. The van der Waals surface area contributed by atoms with Crippen LogP contribution in [0, 0.1) is 0 Å². The van der Waals surface area contributed by atoms with Crippen molar-refractivity contribution in [3.8, 4) is 0 Å². The van der Waals surface area contributed by atoms with Crippen molar-refractivity contribution in [2.75, 3.05) is 92.5 Å². The standard InChI is InChI=1S/C24H46O10/c1-3-5-6-8-24(26)34-22-20-32-18-16-30-14-12-28-10-9-27-11-13-29-15-17-31-19-21-33-23(25)7-4-2/h3-22H2,1-2H3. The van der Waals surface area contributed by atoms with Crippen LogP contribution >= 0.6 is 0 Å². The number of ether oxygens (including phenoxy) is 8. The van der Waals surface area contributed by atoms with Crippen LogP contribution in [0.5, 0.6) is 0 Å². The van der Waals surface area contributed by atoms with E-state index in [0.717, 1.165) is 25.7 Å². The third kappa shape index (κ3) is 26.9. The smallest absolute Gasteiger partial charge is 0.305 e. The zero-order valence-electron chi connectivity index (χ0n) is 21.2. The van der Waals surface area contributed by atoms with Crippen molar-refractivity contribution in [1.29, 1.82) is 0 Å². The van der Waals surface area contributed by atoms with Crippen molar-refractivity contribution in [3.05, 3.63) is 0 Å². The molecule has 0 aliphatic heterocycles. The van der Waals surface area contributed by atoms with Crippen LogP contribution in [0.3, 0.4) is 0 Å². The fourth-order valence-corrected chi connectivity index (χ4v) is 2.50. The molecular weight excluding hydrogens is 448 g/mol. The van der Waals surface area contributed by atoms with Gasteiger partial charge < -0.3 is 37.9 Å². The zero-order valence-corrected chi connectivity index (χ0v) is 21.2. The van der Waals surface area contributed by atoms with Gasteiger partial charge in [0.25, 0.3) is 0 Å². The molecule has 0 aromatic rings. The van der Waals surface area contributed by atoms with Gasteiger partial charge in [-0.3, -0.25) is 9.59 Å². The third-order valence-electron chi connectivity index (χ3n) is 4.28. The number of hydrogen-bond donors (Lipinski definition) is 0. The summed E-state index contributed by atoms with van der Waals surface area (Å²) in [5.41, 5.74) is 0. The van der Waals surface area contributed by atoms with E-state index in [0.29, 0.717) is 92.1 Å². The lowest BCUT2D eigenvalue weighted by Gasteiger charge is -2.08. The van der Waals surface area contributed by atoms with E-state index in [2.05, 4.69) is 6.92 Å². The number of rotatable bonds is 27. The van der Waals surface area contributed by atoms with E-state index in [1.165, 1.54) is 0 Å². The molecule has 0 fully saturated rings. The van der Waals surface area contributed by atoms with Crippen molar-refractivity contribution in [3.63, 3.8) is 0 Å². The molecule has 10 heteroatoms. The van der Waals surface area contributed by atoms with E-state index in [-0.39, 0.29) is 25.2 Å². The minimum atomic E-state index is -0.189. The molecule has 0 amide bonds. The van der Waals surface area contributed by atoms with Crippen molar-refractivity contribution in [2.45, 2.75) is 52.4 Å². The SMILES string of the molecule is CCCCCC(=O)OCCOCCOCCOCCOCCOCCOCCOC(=O)CCC. The van der Waals surface area contributed by atoms with E-state index in [4.69, 9.17) is 37.9 Å². The lowest BCUT2D eigenvalue weighted by Crippen LogP contribution is -2.15. The molecule has 0 spiro atoms. The molecule has 10 nitrogen and oxygen atoms in total. The number of carbonyl (C=O) groups is 2. The predicted octanol–water partition coefficient (Wildman–Crippen LogP) is 2.55. The van der Waals surface area contributed by atoms with Crippen LogP contribution in [0.25, 0.3) is 0 Å². The van der Waals surface area contributed by atoms with E-state index >= 15 is 0 Å². The molecule has 34 heavy (non-hydrogen) atoms. The number of carbonyl (C=O) groups excluding carboxylic acids is 2. The topological polar surface area (TPSA) is 108 Å². The van der Waals surface area contributed by atoms with Gasteiger partial charge in [0, 0.05) is 12.8 Å². The third-order valence-corrected chi connectivity index (χ3v) is 4.28. The second kappa shape index (κ2) is 27.9. The van der Waals surface area contributed by atoms with Crippen LogP contribution in [-0.4, -0.2) is 104 Å². The van der Waals surface area contributed by atoms with Crippen LogP contribution in [0.15, 0.2) is 0 Å². The summed E-state index contributed by atoms with van der Waals surface area (Å²) in [5.74, 6) is -0.349. The Kier molecular flexibility index (Phi) is 26.9. The Morgan fingerprint density at radius 2 is 0.735 bits per heavy atom. The van der Waals surface area contributed by atoms with Crippen LogP contribution in [-0.2, 0) is 47.5 Å². The van der Waals surface area contributed by atoms with E-state index in [9.17, 15) is 9.59 Å². The van der Waals surface area contributed by atoms with Crippen molar-refractivity contribution in [2.24, 2.45) is 0 Å². The second-order valence-electron chi connectivity index (χ2n) is 7.32. The first kappa shape index (κ1) is 32.7. The summed E-state index contributed by atoms with van der Waals surface area (Å²) in [4.78, 5) is 22.5. The molecule has 0 radical (unpaired) electrons. The molecule has 0 aliphatic carbocycles. The molecule has 0 aromatic carbocycles. The first-order valence-corrected chi connectivity index (χ1v) is 12.5. The molecule has 0 rings (SSSR count). The van der Waals surface area contributed by atoms with E-state index < -0.39 is 0 Å². The summed E-state index contributed by atoms with van der Waals surface area (Å²) in [6, 6.07) is 0. The van der Waals surface area contributed by atoms with Crippen molar-refractivity contribution in [1.82, 2.24) is 0 Å². The van der Waals surface area contributed by atoms with Gasteiger partial charge in [0.1, 0.15) is 13.2 Å². The summed E-state index contributed by atoms with van der Waals surface area (Å²) in [6.07, 6.45) is 4.73. The normalized spacial score (nSPS) is 11.0. The van der Waals surface area contributed by atoms with Gasteiger partial charge in [0.05, 0.1) is 79.3 Å². The Hall–Kier alpha value is -1.30. The monoisotopic (exact) mass is 494 g/mol. The molecule has 0 aliphatic rings. The maximum Gasteiger partial charge on any atom is 0.305 e. The Morgan fingerprint density at radius 3 is 1.06 bits per heavy atom. The molecule has 0 aromatic heterocycles. The fraction of sp³-hybridized carbons (Fsp3) is 0.917. The highest BCUT2D eigenvalue weighted by molar-refractivity contribution is 5.69. The van der Waals surface area contributed by atoms with E-state index in [1.807, 2.05) is 6.92 Å². The van der Waals surface area contributed by atoms with Gasteiger partial charge in [-0.1, -0.05) is 26.7 Å². The highest BCUT2D eigenvalue weighted by atomic mass is 16.6. The van der Waals surface area contributed by atoms with Gasteiger partial charge in [0.15, 0.2) is 0 Å². The fourth-order valence-electron chi connectivity index (χ4n) is 2.50. The van der Waals surface area contributed by atoms with Crippen molar-refractivity contribution >= 4 is 11.9 Å². The Morgan fingerprint density at radius 1 is 0.412 bits per heavy atom.